The lowest BCUT2D eigenvalue weighted by atomic mass is 9.91. The monoisotopic (exact) mass is 323 g/mol. The van der Waals surface area contributed by atoms with E-state index in [-0.39, 0.29) is 25.5 Å². The highest BCUT2D eigenvalue weighted by Gasteiger charge is 2.54. The van der Waals surface area contributed by atoms with Crippen LogP contribution in [-0.4, -0.2) is 59.4 Å². The number of aliphatic hydroxyl groups is 1. The Morgan fingerprint density at radius 2 is 2.14 bits per heavy atom. The largest absolute Gasteiger partial charge is 0.417 e. The number of thiazole rings is 1. The molecule has 1 fully saturated rings. The molecular formula is C12H16F3N3O2S. The summed E-state index contributed by atoms with van der Waals surface area (Å²) in [5.41, 5.74) is -2.63. The molecule has 2 rings (SSSR count). The maximum absolute atomic E-state index is 12.7. The van der Waals surface area contributed by atoms with Crippen LogP contribution in [0.3, 0.4) is 0 Å². The van der Waals surface area contributed by atoms with Crippen LogP contribution in [0.2, 0.25) is 0 Å². The van der Waals surface area contributed by atoms with Crippen LogP contribution in [-0.2, 0) is 4.79 Å². The Hall–Kier alpha value is -1.19. The highest BCUT2D eigenvalue weighted by atomic mass is 32.1. The summed E-state index contributed by atoms with van der Waals surface area (Å²) in [5, 5.41) is 11.8. The molecule has 0 aliphatic carbocycles. The predicted molar refractivity (Wildman–Crippen MR) is 72.2 cm³/mol. The molecule has 0 unspecified atom stereocenters. The Balaban J connectivity index is 1.88. The fraction of sp³-hybridized carbons (Fsp3) is 0.667. The molecule has 9 heteroatoms. The second-order valence-corrected chi connectivity index (χ2v) is 5.95. The van der Waals surface area contributed by atoms with Crippen LogP contribution in [0, 0.1) is 0 Å². The van der Waals surface area contributed by atoms with E-state index in [0.717, 1.165) is 0 Å². The molecule has 21 heavy (non-hydrogen) atoms. The minimum absolute atomic E-state index is 0.0179. The summed E-state index contributed by atoms with van der Waals surface area (Å²) in [6.45, 7) is 0.0882. The number of aromatic nitrogens is 1. The van der Waals surface area contributed by atoms with Gasteiger partial charge in [-0.1, -0.05) is 0 Å². The number of anilines is 1. The predicted octanol–water partition coefficient (Wildman–Crippen LogP) is 1.50. The van der Waals surface area contributed by atoms with Crippen molar-refractivity contribution in [2.75, 3.05) is 31.6 Å². The molecule has 0 radical (unpaired) electrons. The smallest absolute Gasteiger partial charge is 0.380 e. The maximum atomic E-state index is 12.7. The van der Waals surface area contributed by atoms with E-state index in [2.05, 4.69) is 4.98 Å². The lowest BCUT2D eigenvalue weighted by Gasteiger charge is -2.39. The second kappa shape index (κ2) is 5.90. The van der Waals surface area contributed by atoms with Crippen LogP contribution in [0.1, 0.15) is 12.8 Å². The van der Waals surface area contributed by atoms with Gasteiger partial charge < -0.3 is 5.11 Å². The van der Waals surface area contributed by atoms with E-state index in [9.17, 15) is 23.1 Å². The lowest BCUT2D eigenvalue weighted by molar-refractivity contribution is -0.272. The summed E-state index contributed by atoms with van der Waals surface area (Å²) >= 11 is 1.31. The molecule has 118 valence electrons. The minimum atomic E-state index is -4.62. The van der Waals surface area contributed by atoms with Gasteiger partial charge >= 0.3 is 6.18 Å². The van der Waals surface area contributed by atoms with Crippen LogP contribution in [0.5, 0.6) is 0 Å². The molecule has 1 aromatic heterocycles. The number of likely N-dealkylation sites (tertiary alicyclic amines) is 1. The number of nitrogens with zero attached hydrogens (tertiary/aromatic N) is 3. The normalized spacial score (nSPS) is 19.5. The SMILES string of the molecule is CN(C(=O)CN1CCC(O)(C(F)(F)F)CC1)c1nccs1. The van der Waals surface area contributed by atoms with Crippen molar-refractivity contribution < 1.29 is 23.1 Å². The molecule has 0 saturated carbocycles. The number of rotatable bonds is 3. The minimum Gasteiger partial charge on any atom is -0.380 e. The number of likely N-dealkylation sites (N-methyl/N-ethyl adjacent to an activating group) is 1. The number of alkyl halides is 3. The first-order valence-corrected chi connectivity index (χ1v) is 7.28. The van der Waals surface area contributed by atoms with Gasteiger partial charge in [0.1, 0.15) is 0 Å². The number of carbonyl (C=O) groups is 1. The van der Waals surface area contributed by atoms with Crippen molar-refractivity contribution in [2.45, 2.75) is 24.6 Å². The molecule has 1 aromatic rings. The lowest BCUT2D eigenvalue weighted by Crippen LogP contribution is -2.54. The molecule has 2 heterocycles. The van der Waals surface area contributed by atoms with Crippen molar-refractivity contribution in [3.05, 3.63) is 11.6 Å². The van der Waals surface area contributed by atoms with Gasteiger partial charge in [-0.25, -0.2) is 4.98 Å². The third-order valence-electron chi connectivity index (χ3n) is 3.65. The maximum Gasteiger partial charge on any atom is 0.417 e. The Kier molecular flexibility index (Phi) is 4.54. The molecule has 1 amide bonds. The van der Waals surface area contributed by atoms with Crippen LogP contribution in [0.4, 0.5) is 18.3 Å². The summed E-state index contributed by atoms with van der Waals surface area (Å²) in [6.07, 6.45) is -3.87. The van der Waals surface area contributed by atoms with Gasteiger partial charge in [0.15, 0.2) is 10.7 Å². The van der Waals surface area contributed by atoms with Crippen LogP contribution in [0.25, 0.3) is 0 Å². The van der Waals surface area contributed by atoms with Crippen molar-refractivity contribution in [3.8, 4) is 0 Å². The molecule has 1 aliphatic heterocycles. The second-order valence-electron chi connectivity index (χ2n) is 5.07. The van der Waals surface area contributed by atoms with E-state index in [1.54, 1.807) is 23.5 Å². The standard InChI is InChI=1S/C12H16F3N3O2S/c1-17(10-16-4-7-21-10)9(19)8-18-5-2-11(20,3-6-18)12(13,14)15/h4,7,20H,2-3,5-6,8H2,1H3. The zero-order valence-electron chi connectivity index (χ0n) is 11.4. The summed E-state index contributed by atoms with van der Waals surface area (Å²) in [5.74, 6) is -0.234. The first-order chi connectivity index (χ1) is 9.73. The van der Waals surface area contributed by atoms with Gasteiger partial charge in [0.05, 0.1) is 6.54 Å². The van der Waals surface area contributed by atoms with E-state index >= 15 is 0 Å². The number of hydrogen-bond acceptors (Lipinski definition) is 5. The van der Waals surface area contributed by atoms with Gasteiger partial charge in [0, 0.05) is 31.7 Å². The Morgan fingerprint density at radius 3 is 2.62 bits per heavy atom. The first-order valence-electron chi connectivity index (χ1n) is 6.40. The van der Waals surface area contributed by atoms with Gasteiger partial charge in [0.25, 0.3) is 0 Å². The summed E-state index contributed by atoms with van der Waals surface area (Å²) in [4.78, 5) is 19.0. The van der Waals surface area contributed by atoms with Gasteiger partial charge in [-0.05, 0) is 12.8 Å². The van der Waals surface area contributed by atoms with E-state index in [4.69, 9.17) is 0 Å². The van der Waals surface area contributed by atoms with Gasteiger partial charge in [-0.3, -0.25) is 14.6 Å². The molecule has 5 nitrogen and oxygen atoms in total. The Labute approximate surface area is 124 Å². The topological polar surface area (TPSA) is 56.7 Å². The fourth-order valence-corrected chi connectivity index (χ4v) is 2.78. The third-order valence-corrected chi connectivity index (χ3v) is 4.50. The van der Waals surface area contributed by atoms with E-state index in [0.29, 0.717) is 5.13 Å². The van der Waals surface area contributed by atoms with E-state index < -0.39 is 24.6 Å². The van der Waals surface area contributed by atoms with Crippen molar-refractivity contribution >= 4 is 22.4 Å². The molecule has 0 atom stereocenters. The van der Waals surface area contributed by atoms with E-state index in [1.165, 1.54) is 16.2 Å². The molecular weight excluding hydrogens is 307 g/mol. The highest BCUT2D eigenvalue weighted by molar-refractivity contribution is 7.13. The number of hydrogen-bond donors (Lipinski definition) is 1. The van der Waals surface area contributed by atoms with Gasteiger partial charge in [0.2, 0.25) is 5.91 Å². The number of piperidine rings is 1. The molecule has 1 N–H and O–H groups in total. The summed E-state index contributed by atoms with van der Waals surface area (Å²) < 4.78 is 38.0. The fourth-order valence-electron chi connectivity index (χ4n) is 2.15. The van der Waals surface area contributed by atoms with Gasteiger partial charge in [-0.2, -0.15) is 13.2 Å². The Bertz CT molecular complexity index is 484. The quantitative estimate of drug-likeness (QED) is 0.916. The molecule has 1 saturated heterocycles. The molecule has 1 aliphatic rings. The third kappa shape index (κ3) is 3.53. The number of halogens is 3. The average molecular weight is 323 g/mol. The highest BCUT2D eigenvalue weighted by Crippen LogP contribution is 2.38. The van der Waals surface area contributed by atoms with E-state index in [1.807, 2.05) is 0 Å². The Morgan fingerprint density at radius 1 is 1.52 bits per heavy atom. The van der Waals surface area contributed by atoms with Crippen LogP contribution < -0.4 is 4.90 Å². The van der Waals surface area contributed by atoms with Gasteiger partial charge in [-0.15, -0.1) is 11.3 Å². The zero-order valence-corrected chi connectivity index (χ0v) is 12.2. The van der Waals surface area contributed by atoms with Crippen molar-refractivity contribution in [1.82, 2.24) is 9.88 Å². The average Bonchev–Trinajstić information content (AvgIpc) is 2.93. The van der Waals surface area contributed by atoms with Crippen LogP contribution in [0.15, 0.2) is 11.6 Å². The first kappa shape index (κ1) is 16.2. The molecule has 0 spiro atoms. The molecule has 0 bridgehead atoms. The summed E-state index contributed by atoms with van der Waals surface area (Å²) in [6, 6.07) is 0. The molecule has 0 aromatic carbocycles. The number of carbonyl (C=O) groups excluding carboxylic acids is 1. The van der Waals surface area contributed by atoms with Crippen molar-refractivity contribution in [1.29, 1.82) is 0 Å². The zero-order chi connectivity index (χ0) is 15.7. The van der Waals surface area contributed by atoms with Crippen molar-refractivity contribution in [3.63, 3.8) is 0 Å². The van der Waals surface area contributed by atoms with Crippen LogP contribution >= 0.6 is 11.3 Å². The van der Waals surface area contributed by atoms with Crippen molar-refractivity contribution in [2.24, 2.45) is 0 Å². The number of amides is 1. The summed E-state index contributed by atoms with van der Waals surface area (Å²) in [7, 11) is 1.58.